The smallest absolute Gasteiger partial charge is 0.338 e. The maximum absolute atomic E-state index is 13.7. The summed E-state index contributed by atoms with van der Waals surface area (Å²) in [4.78, 5) is 43.7. The van der Waals surface area contributed by atoms with Gasteiger partial charge in [0.2, 0.25) is 0 Å². The van der Waals surface area contributed by atoms with E-state index >= 15 is 0 Å². The lowest BCUT2D eigenvalue weighted by molar-refractivity contribution is -0.138. The Morgan fingerprint density at radius 3 is 2.56 bits per heavy atom. The number of ether oxygens (including phenoxy) is 3. The van der Waals surface area contributed by atoms with Crippen LogP contribution in [0.5, 0.6) is 5.75 Å². The third kappa shape index (κ3) is 4.78. The summed E-state index contributed by atoms with van der Waals surface area (Å²) in [5.41, 5.74) is 2.15. The fourth-order valence-corrected chi connectivity index (χ4v) is 4.96. The van der Waals surface area contributed by atoms with Crippen LogP contribution in [0.2, 0.25) is 0 Å². The van der Waals surface area contributed by atoms with Crippen molar-refractivity contribution in [2.75, 3.05) is 20.8 Å². The first kappa shape index (κ1) is 24.9. The van der Waals surface area contributed by atoms with E-state index in [4.69, 9.17) is 14.2 Å². The van der Waals surface area contributed by atoms with Crippen molar-refractivity contribution in [2.24, 2.45) is 4.99 Å². The average Bonchev–Trinajstić information content (AvgIpc) is 3.20. The maximum atomic E-state index is 13.7. The predicted octanol–water partition coefficient (Wildman–Crippen LogP) is 2.76. The van der Waals surface area contributed by atoms with Crippen molar-refractivity contribution in [3.8, 4) is 5.75 Å². The number of allylic oxidation sites excluding steroid dienone is 1. The third-order valence-electron chi connectivity index (χ3n) is 5.61. The summed E-state index contributed by atoms with van der Waals surface area (Å²) in [5.74, 6) is -0.412. The van der Waals surface area contributed by atoms with E-state index in [0.29, 0.717) is 31.9 Å². The second-order valence-corrected chi connectivity index (χ2v) is 8.87. The molecule has 0 aliphatic carbocycles. The highest BCUT2D eigenvalue weighted by Gasteiger charge is 2.33. The summed E-state index contributed by atoms with van der Waals surface area (Å²) in [6.07, 6.45) is 3.23. The van der Waals surface area contributed by atoms with Crippen LogP contribution in [-0.2, 0) is 14.3 Å². The van der Waals surface area contributed by atoms with Gasteiger partial charge in [-0.15, -0.1) is 0 Å². The molecule has 1 aromatic heterocycles. The zero-order valence-electron chi connectivity index (χ0n) is 20.0. The molecule has 0 amide bonds. The molecule has 2 heterocycles. The van der Waals surface area contributed by atoms with E-state index in [-0.39, 0.29) is 17.7 Å². The van der Waals surface area contributed by atoms with E-state index in [0.717, 1.165) is 5.56 Å². The summed E-state index contributed by atoms with van der Waals surface area (Å²) in [7, 11) is 2.88. The summed E-state index contributed by atoms with van der Waals surface area (Å²) >= 11 is 1.23. The lowest BCUT2D eigenvalue weighted by Crippen LogP contribution is -2.40. The Bertz CT molecular complexity index is 1550. The van der Waals surface area contributed by atoms with Gasteiger partial charge in [-0.1, -0.05) is 48.3 Å². The number of esters is 2. The van der Waals surface area contributed by atoms with Gasteiger partial charge in [0.05, 0.1) is 41.6 Å². The van der Waals surface area contributed by atoms with Gasteiger partial charge in [-0.25, -0.2) is 14.6 Å². The zero-order chi connectivity index (χ0) is 25.8. The van der Waals surface area contributed by atoms with Gasteiger partial charge in [-0.2, -0.15) is 0 Å². The van der Waals surface area contributed by atoms with Gasteiger partial charge in [0.15, 0.2) is 4.80 Å². The van der Waals surface area contributed by atoms with E-state index in [1.165, 1.54) is 29.1 Å². The molecule has 4 rings (SSSR count). The maximum Gasteiger partial charge on any atom is 0.338 e. The molecule has 9 heteroatoms. The van der Waals surface area contributed by atoms with Crippen LogP contribution in [0, 0.1) is 0 Å². The lowest BCUT2D eigenvalue weighted by Gasteiger charge is -2.24. The normalized spacial score (nSPS) is 15.1. The van der Waals surface area contributed by atoms with E-state index < -0.39 is 18.0 Å². The van der Waals surface area contributed by atoms with Gasteiger partial charge in [0, 0.05) is 0 Å². The van der Waals surface area contributed by atoms with Crippen LogP contribution in [-0.4, -0.2) is 37.3 Å². The number of thiazole rings is 1. The molecule has 1 unspecified atom stereocenters. The summed E-state index contributed by atoms with van der Waals surface area (Å²) in [6.45, 7) is 5.31. The van der Waals surface area contributed by atoms with Crippen LogP contribution in [0.25, 0.3) is 6.08 Å². The number of carbonyl (C=O) groups is 2. The van der Waals surface area contributed by atoms with Crippen molar-refractivity contribution in [1.82, 2.24) is 4.57 Å². The molecule has 1 atom stereocenters. The highest BCUT2D eigenvalue weighted by atomic mass is 32.1. The number of carbonyl (C=O) groups excluding carboxylic acids is 2. The average molecular weight is 505 g/mol. The Kier molecular flexibility index (Phi) is 7.30. The predicted molar refractivity (Wildman–Crippen MR) is 136 cm³/mol. The second kappa shape index (κ2) is 10.6. The van der Waals surface area contributed by atoms with E-state index in [9.17, 15) is 14.4 Å². The van der Waals surface area contributed by atoms with E-state index in [2.05, 4.69) is 11.6 Å². The summed E-state index contributed by atoms with van der Waals surface area (Å²) in [5, 5.41) is 0. The Labute approximate surface area is 211 Å². The minimum Gasteiger partial charge on any atom is -0.497 e. The number of aromatic nitrogens is 1. The quantitative estimate of drug-likeness (QED) is 0.363. The van der Waals surface area contributed by atoms with Gasteiger partial charge in [-0.05, 0) is 48.4 Å². The first-order valence-electron chi connectivity index (χ1n) is 11.0. The molecule has 0 bridgehead atoms. The molecule has 3 aromatic rings. The van der Waals surface area contributed by atoms with Crippen molar-refractivity contribution < 1.29 is 23.8 Å². The number of fused-ring (bicyclic) bond motifs is 1. The number of hydrogen-bond acceptors (Lipinski definition) is 8. The molecule has 0 saturated carbocycles. The number of methoxy groups -OCH3 is 2. The Balaban J connectivity index is 1.90. The molecule has 1 aliphatic heterocycles. The number of hydrogen-bond donors (Lipinski definition) is 0. The third-order valence-corrected chi connectivity index (χ3v) is 6.60. The Morgan fingerprint density at radius 2 is 1.89 bits per heavy atom. The highest BCUT2D eigenvalue weighted by Crippen LogP contribution is 2.31. The minimum atomic E-state index is -0.794. The summed E-state index contributed by atoms with van der Waals surface area (Å²) < 4.78 is 17.3. The van der Waals surface area contributed by atoms with Gasteiger partial charge in [-0.3, -0.25) is 9.36 Å². The van der Waals surface area contributed by atoms with Crippen LogP contribution in [0.3, 0.4) is 0 Å². The topological polar surface area (TPSA) is 96.2 Å². The van der Waals surface area contributed by atoms with Crippen LogP contribution >= 0.6 is 11.3 Å². The van der Waals surface area contributed by atoms with Crippen LogP contribution in [0.1, 0.15) is 34.5 Å². The van der Waals surface area contributed by atoms with Gasteiger partial charge >= 0.3 is 11.9 Å². The van der Waals surface area contributed by atoms with E-state index in [1.54, 1.807) is 44.4 Å². The monoisotopic (exact) mass is 504 g/mol. The molecule has 0 spiro atoms. The number of benzene rings is 2. The van der Waals surface area contributed by atoms with Crippen LogP contribution < -0.4 is 19.6 Å². The Hall–Kier alpha value is -4.24. The molecule has 184 valence electrons. The molecule has 1 aliphatic rings. The minimum absolute atomic E-state index is 0.0177. The van der Waals surface area contributed by atoms with Crippen LogP contribution in [0.15, 0.2) is 82.2 Å². The fourth-order valence-electron chi connectivity index (χ4n) is 3.91. The molecule has 0 saturated heterocycles. The SMILES string of the molecule is C=CCOC(=O)C1=C(C)N=c2sc(=Cc3cccc(OC)c3)c(=O)n2C1c1ccc(C(=O)OC)cc1. The lowest BCUT2D eigenvalue weighted by atomic mass is 9.95. The highest BCUT2D eigenvalue weighted by molar-refractivity contribution is 7.07. The van der Waals surface area contributed by atoms with Gasteiger partial charge in [0.25, 0.3) is 5.56 Å². The van der Waals surface area contributed by atoms with Crippen molar-refractivity contribution in [1.29, 1.82) is 0 Å². The van der Waals surface area contributed by atoms with Crippen molar-refractivity contribution >= 4 is 29.4 Å². The van der Waals surface area contributed by atoms with Crippen molar-refractivity contribution in [3.05, 3.63) is 109 Å². The number of nitrogens with zero attached hydrogens (tertiary/aromatic N) is 2. The summed E-state index contributed by atoms with van der Waals surface area (Å²) in [6, 6.07) is 13.1. The molecule has 0 N–H and O–H groups in total. The van der Waals surface area contributed by atoms with E-state index in [1.807, 2.05) is 24.3 Å². The molecule has 2 aromatic carbocycles. The first-order valence-corrected chi connectivity index (χ1v) is 11.8. The molecule has 8 nitrogen and oxygen atoms in total. The second-order valence-electron chi connectivity index (χ2n) is 7.86. The Morgan fingerprint density at radius 1 is 1.14 bits per heavy atom. The molecule has 0 radical (unpaired) electrons. The molecule has 0 fully saturated rings. The molecular weight excluding hydrogens is 480 g/mol. The largest absolute Gasteiger partial charge is 0.497 e. The molecule has 36 heavy (non-hydrogen) atoms. The van der Waals surface area contributed by atoms with Gasteiger partial charge < -0.3 is 14.2 Å². The fraction of sp³-hybridized carbons (Fsp3) is 0.185. The van der Waals surface area contributed by atoms with Gasteiger partial charge in [0.1, 0.15) is 12.4 Å². The standard InChI is InChI=1S/C27H24N2O6S/c1-5-13-35-26(32)22-16(2)28-27-29(23(22)18-9-11-19(12-10-18)25(31)34-4)24(30)21(36-27)15-17-7-6-8-20(14-17)33-3/h5-12,14-15,23H,1,13H2,2-4H3. The van der Waals surface area contributed by atoms with Crippen LogP contribution in [0.4, 0.5) is 0 Å². The zero-order valence-corrected chi connectivity index (χ0v) is 20.8. The van der Waals surface area contributed by atoms with Crippen molar-refractivity contribution in [2.45, 2.75) is 13.0 Å². The van der Waals surface area contributed by atoms with Crippen molar-refractivity contribution in [3.63, 3.8) is 0 Å². The number of rotatable bonds is 7. The first-order chi connectivity index (χ1) is 17.4. The molecular formula is C27H24N2O6S.